The van der Waals surface area contributed by atoms with E-state index in [0.29, 0.717) is 18.5 Å². The molecule has 118 valence electrons. The number of hydrogen-bond acceptors (Lipinski definition) is 3. The number of hydrogen-bond donors (Lipinski definition) is 2. The SMILES string of the molecule is CC(C)n1cc2cc(NC(=O)[C@@H]3CCC[C@@H]3CN)ccc2n1. The normalized spacial score (nSPS) is 21.6. The average Bonchev–Trinajstić information content (AvgIpc) is 3.12. The predicted molar refractivity (Wildman–Crippen MR) is 88.6 cm³/mol. The first-order chi connectivity index (χ1) is 10.6. The van der Waals surface area contributed by atoms with E-state index in [0.717, 1.165) is 35.9 Å². The Balaban J connectivity index is 1.77. The van der Waals surface area contributed by atoms with Crippen LogP contribution in [0.2, 0.25) is 0 Å². The lowest BCUT2D eigenvalue weighted by molar-refractivity contribution is -0.120. The van der Waals surface area contributed by atoms with Crippen molar-refractivity contribution < 1.29 is 4.79 Å². The van der Waals surface area contributed by atoms with Gasteiger partial charge in [0.2, 0.25) is 5.91 Å². The summed E-state index contributed by atoms with van der Waals surface area (Å²) in [6.07, 6.45) is 5.13. The Morgan fingerprint density at radius 3 is 3.00 bits per heavy atom. The third kappa shape index (κ3) is 2.86. The molecule has 1 heterocycles. The molecule has 22 heavy (non-hydrogen) atoms. The van der Waals surface area contributed by atoms with Gasteiger partial charge >= 0.3 is 0 Å². The molecule has 0 radical (unpaired) electrons. The van der Waals surface area contributed by atoms with Gasteiger partial charge in [-0.25, -0.2) is 0 Å². The van der Waals surface area contributed by atoms with Crippen LogP contribution in [0.1, 0.15) is 39.2 Å². The van der Waals surface area contributed by atoms with Crippen LogP contribution in [0.15, 0.2) is 24.4 Å². The van der Waals surface area contributed by atoms with Crippen LogP contribution in [0, 0.1) is 11.8 Å². The maximum Gasteiger partial charge on any atom is 0.227 e. The minimum absolute atomic E-state index is 0.0547. The molecule has 5 heteroatoms. The molecule has 0 saturated heterocycles. The summed E-state index contributed by atoms with van der Waals surface area (Å²) in [7, 11) is 0. The first-order valence-corrected chi connectivity index (χ1v) is 8.08. The summed E-state index contributed by atoms with van der Waals surface area (Å²) in [5.41, 5.74) is 7.56. The van der Waals surface area contributed by atoms with Crippen LogP contribution in [0.4, 0.5) is 5.69 Å². The smallest absolute Gasteiger partial charge is 0.227 e. The summed E-state index contributed by atoms with van der Waals surface area (Å²) >= 11 is 0. The number of nitrogens with one attached hydrogen (secondary N) is 1. The zero-order valence-corrected chi connectivity index (χ0v) is 13.2. The summed E-state index contributed by atoms with van der Waals surface area (Å²) in [5, 5.41) is 8.62. The highest BCUT2D eigenvalue weighted by molar-refractivity contribution is 5.95. The van der Waals surface area contributed by atoms with Gasteiger partial charge in [-0.1, -0.05) is 6.42 Å². The van der Waals surface area contributed by atoms with Crippen molar-refractivity contribution in [3.8, 4) is 0 Å². The number of anilines is 1. The van der Waals surface area contributed by atoms with E-state index in [1.54, 1.807) is 0 Å². The van der Waals surface area contributed by atoms with Gasteiger partial charge in [0.25, 0.3) is 0 Å². The molecule has 1 amide bonds. The van der Waals surface area contributed by atoms with E-state index in [1.165, 1.54) is 0 Å². The van der Waals surface area contributed by atoms with Gasteiger partial charge in [-0.15, -0.1) is 0 Å². The Hall–Kier alpha value is -1.88. The number of rotatable bonds is 4. The highest BCUT2D eigenvalue weighted by Gasteiger charge is 2.31. The van der Waals surface area contributed by atoms with Gasteiger partial charge in [0.1, 0.15) is 0 Å². The number of carbonyl (C=O) groups excluding carboxylic acids is 1. The molecule has 1 aromatic heterocycles. The predicted octanol–water partition coefficient (Wildman–Crippen LogP) is 2.93. The van der Waals surface area contributed by atoms with Gasteiger partial charge in [0.15, 0.2) is 0 Å². The van der Waals surface area contributed by atoms with E-state index in [9.17, 15) is 4.79 Å². The zero-order chi connectivity index (χ0) is 15.7. The topological polar surface area (TPSA) is 72.9 Å². The van der Waals surface area contributed by atoms with Crippen LogP contribution in [0.5, 0.6) is 0 Å². The molecule has 1 aromatic carbocycles. The minimum Gasteiger partial charge on any atom is -0.330 e. The van der Waals surface area contributed by atoms with Crippen LogP contribution in [0.25, 0.3) is 10.9 Å². The van der Waals surface area contributed by atoms with E-state index in [4.69, 9.17) is 5.73 Å². The second kappa shape index (κ2) is 6.08. The van der Waals surface area contributed by atoms with Crippen LogP contribution < -0.4 is 11.1 Å². The van der Waals surface area contributed by atoms with E-state index >= 15 is 0 Å². The number of aromatic nitrogens is 2. The number of carbonyl (C=O) groups is 1. The standard InChI is InChI=1S/C17H24N4O/c1-11(2)21-10-13-8-14(6-7-16(13)20-21)19-17(22)15-5-3-4-12(15)9-18/h6-8,10-12,15H,3-5,9,18H2,1-2H3,(H,19,22)/t12-,15-/m1/s1. The molecule has 1 fully saturated rings. The summed E-state index contributed by atoms with van der Waals surface area (Å²) in [6.45, 7) is 4.79. The van der Waals surface area contributed by atoms with Gasteiger partial charge in [-0.05, 0) is 57.4 Å². The van der Waals surface area contributed by atoms with Crippen molar-refractivity contribution in [2.24, 2.45) is 17.6 Å². The lowest BCUT2D eigenvalue weighted by Crippen LogP contribution is -2.29. The Morgan fingerprint density at radius 2 is 2.27 bits per heavy atom. The summed E-state index contributed by atoms with van der Waals surface area (Å²) in [5.74, 6) is 0.482. The van der Waals surface area contributed by atoms with Crippen molar-refractivity contribution in [2.45, 2.75) is 39.2 Å². The maximum absolute atomic E-state index is 12.4. The highest BCUT2D eigenvalue weighted by atomic mass is 16.1. The van der Waals surface area contributed by atoms with Gasteiger partial charge in [-0.3, -0.25) is 9.48 Å². The van der Waals surface area contributed by atoms with Crippen LogP contribution in [-0.4, -0.2) is 22.2 Å². The van der Waals surface area contributed by atoms with Crippen molar-refractivity contribution in [1.82, 2.24) is 9.78 Å². The number of nitrogens with two attached hydrogens (primary N) is 1. The first kappa shape index (κ1) is 15.0. The molecular weight excluding hydrogens is 276 g/mol. The Bertz CT molecular complexity index is 676. The molecule has 0 spiro atoms. The molecule has 0 unspecified atom stereocenters. The molecule has 3 N–H and O–H groups in total. The number of nitrogens with zero attached hydrogens (tertiary/aromatic N) is 2. The molecule has 0 bridgehead atoms. The van der Waals surface area contributed by atoms with Crippen molar-refractivity contribution in [3.05, 3.63) is 24.4 Å². The monoisotopic (exact) mass is 300 g/mol. The van der Waals surface area contributed by atoms with E-state index in [-0.39, 0.29) is 11.8 Å². The highest BCUT2D eigenvalue weighted by Crippen LogP contribution is 2.32. The molecule has 2 aromatic rings. The van der Waals surface area contributed by atoms with Crippen LogP contribution >= 0.6 is 0 Å². The Morgan fingerprint density at radius 1 is 1.45 bits per heavy atom. The fraction of sp³-hybridized carbons (Fsp3) is 0.529. The maximum atomic E-state index is 12.4. The minimum atomic E-state index is 0.0547. The van der Waals surface area contributed by atoms with Gasteiger partial charge in [-0.2, -0.15) is 5.10 Å². The Kier molecular flexibility index (Phi) is 4.16. The van der Waals surface area contributed by atoms with E-state index < -0.39 is 0 Å². The third-order valence-corrected chi connectivity index (χ3v) is 4.62. The van der Waals surface area contributed by atoms with Crippen LogP contribution in [-0.2, 0) is 4.79 Å². The zero-order valence-electron chi connectivity index (χ0n) is 13.2. The average molecular weight is 300 g/mol. The molecule has 1 aliphatic carbocycles. The largest absolute Gasteiger partial charge is 0.330 e. The lowest BCUT2D eigenvalue weighted by Gasteiger charge is -2.17. The lowest BCUT2D eigenvalue weighted by atomic mass is 9.95. The number of fused-ring (bicyclic) bond motifs is 1. The van der Waals surface area contributed by atoms with Gasteiger partial charge in [0.05, 0.1) is 5.52 Å². The molecule has 0 aliphatic heterocycles. The molecule has 5 nitrogen and oxygen atoms in total. The van der Waals surface area contributed by atoms with Gasteiger partial charge in [0, 0.05) is 29.2 Å². The molecular formula is C17H24N4O. The number of benzene rings is 1. The quantitative estimate of drug-likeness (QED) is 0.911. The fourth-order valence-corrected chi connectivity index (χ4v) is 3.29. The first-order valence-electron chi connectivity index (χ1n) is 8.08. The van der Waals surface area contributed by atoms with Gasteiger partial charge < -0.3 is 11.1 Å². The summed E-state index contributed by atoms with van der Waals surface area (Å²) in [6, 6.07) is 6.20. The van der Waals surface area contributed by atoms with Crippen LogP contribution in [0.3, 0.4) is 0 Å². The second-order valence-corrected chi connectivity index (χ2v) is 6.50. The van der Waals surface area contributed by atoms with Crippen molar-refractivity contribution >= 4 is 22.5 Å². The molecule has 1 saturated carbocycles. The fourth-order valence-electron chi connectivity index (χ4n) is 3.29. The third-order valence-electron chi connectivity index (χ3n) is 4.62. The molecule has 1 aliphatic rings. The summed E-state index contributed by atoms with van der Waals surface area (Å²) < 4.78 is 1.94. The summed E-state index contributed by atoms with van der Waals surface area (Å²) in [4.78, 5) is 12.4. The second-order valence-electron chi connectivity index (χ2n) is 6.50. The van der Waals surface area contributed by atoms with Crippen molar-refractivity contribution in [1.29, 1.82) is 0 Å². The number of amides is 1. The molecule has 2 atom stereocenters. The van der Waals surface area contributed by atoms with Crippen molar-refractivity contribution in [3.63, 3.8) is 0 Å². The van der Waals surface area contributed by atoms with E-state index in [1.807, 2.05) is 29.1 Å². The molecule has 3 rings (SSSR count). The Labute approximate surface area is 130 Å². The van der Waals surface area contributed by atoms with E-state index in [2.05, 4.69) is 24.3 Å². The van der Waals surface area contributed by atoms with Crippen molar-refractivity contribution in [2.75, 3.05) is 11.9 Å².